The van der Waals surface area contributed by atoms with E-state index in [9.17, 15) is 0 Å². The average molecular weight is 489 g/mol. The summed E-state index contributed by atoms with van der Waals surface area (Å²) in [5, 5.41) is 9.64. The van der Waals surface area contributed by atoms with Crippen molar-refractivity contribution in [3.63, 3.8) is 0 Å². The molecule has 0 aliphatic heterocycles. The number of nitrogens with two attached hydrogens (primary N) is 1. The molecule has 4 heterocycles. The van der Waals surface area contributed by atoms with Gasteiger partial charge in [0.2, 0.25) is 0 Å². The van der Waals surface area contributed by atoms with Gasteiger partial charge in [-0.3, -0.25) is 9.67 Å². The Kier molecular flexibility index (Phi) is 6.04. The second kappa shape index (κ2) is 9.28. The summed E-state index contributed by atoms with van der Waals surface area (Å²) in [5.74, 6) is 1.82. The van der Waals surface area contributed by atoms with Crippen molar-refractivity contribution in [1.29, 1.82) is 0 Å². The minimum Gasteiger partial charge on any atom is -0.381 e. The second-order valence-corrected chi connectivity index (χ2v) is 8.98. The molecule has 0 bridgehead atoms. The summed E-state index contributed by atoms with van der Waals surface area (Å²) in [6, 6.07) is 13.6. The van der Waals surface area contributed by atoms with Crippen molar-refractivity contribution in [2.24, 2.45) is 7.05 Å². The predicted molar refractivity (Wildman–Crippen MR) is 138 cm³/mol. The molecule has 5 rings (SSSR count). The van der Waals surface area contributed by atoms with E-state index in [1.807, 2.05) is 69.0 Å². The van der Waals surface area contributed by atoms with Crippen molar-refractivity contribution in [2.45, 2.75) is 10.8 Å². The van der Waals surface area contributed by atoms with Crippen molar-refractivity contribution in [1.82, 2.24) is 29.7 Å². The quantitative estimate of drug-likeness (QED) is 0.319. The molecule has 0 atom stereocenters. The van der Waals surface area contributed by atoms with Gasteiger partial charge in [0.1, 0.15) is 22.2 Å². The molecule has 0 saturated carbocycles. The van der Waals surface area contributed by atoms with Crippen LogP contribution in [0, 0.1) is 0 Å². The lowest BCUT2D eigenvalue weighted by Crippen LogP contribution is -2.03. The van der Waals surface area contributed by atoms with Gasteiger partial charge >= 0.3 is 0 Å². The zero-order valence-electron chi connectivity index (χ0n) is 18.5. The number of halogens is 1. The number of rotatable bonds is 6. The van der Waals surface area contributed by atoms with E-state index in [2.05, 4.69) is 20.4 Å². The molecule has 0 radical (unpaired) electrons. The van der Waals surface area contributed by atoms with E-state index in [1.165, 1.54) is 11.8 Å². The lowest BCUT2D eigenvalue weighted by atomic mass is 10.0. The number of fused-ring (bicyclic) bond motifs is 1. The van der Waals surface area contributed by atoms with Crippen molar-refractivity contribution in [2.75, 3.05) is 18.1 Å². The highest BCUT2D eigenvalue weighted by molar-refractivity contribution is 7.98. The molecule has 4 aromatic heterocycles. The monoisotopic (exact) mass is 488 g/mol. The average Bonchev–Trinajstić information content (AvgIpc) is 3.29. The zero-order valence-corrected chi connectivity index (χ0v) is 20.1. The lowest BCUT2D eigenvalue weighted by molar-refractivity contribution is 0.769. The van der Waals surface area contributed by atoms with Crippen LogP contribution in [-0.4, -0.2) is 36.8 Å². The van der Waals surface area contributed by atoms with Crippen LogP contribution in [0.5, 0.6) is 0 Å². The molecule has 3 N–H and O–H groups in total. The van der Waals surface area contributed by atoms with E-state index in [0.717, 1.165) is 27.8 Å². The van der Waals surface area contributed by atoms with Crippen LogP contribution in [-0.2, 0) is 12.8 Å². The van der Waals surface area contributed by atoms with E-state index < -0.39 is 0 Å². The number of aryl methyl sites for hydroxylation is 1. The van der Waals surface area contributed by atoms with Gasteiger partial charge in [0.15, 0.2) is 5.82 Å². The number of hydrogen-bond donors (Lipinski definition) is 2. The number of anilines is 2. The molecule has 170 valence electrons. The van der Waals surface area contributed by atoms with Crippen LogP contribution in [0.25, 0.3) is 33.5 Å². The Morgan fingerprint density at radius 1 is 1.09 bits per heavy atom. The number of benzene rings is 1. The van der Waals surface area contributed by atoms with Gasteiger partial charge < -0.3 is 11.1 Å². The summed E-state index contributed by atoms with van der Waals surface area (Å²) in [6.07, 6.45) is 5.42. The zero-order chi connectivity index (χ0) is 23.7. The van der Waals surface area contributed by atoms with E-state index in [1.54, 1.807) is 10.9 Å². The van der Waals surface area contributed by atoms with Gasteiger partial charge in [0.25, 0.3) is 0 Å². The first-order valence-corrected chi connectivity index (χ1v) is 11.9. The van der Waals surface area contributed by atoms with Crippen LogP contribution >= 0.6 is 23.4 Å². The summed E-state index contributed by atoms with van der Waals surface area (Å²) in [4.78, 5) is 18.4. The van der Waals surface area contributed by atoms with Gasteiger partial charge in [0.05, 0.1) is 16.2 Å². The Bertz CT molecular complexity index is 1480. The van der Waals surface area contributed by atoms with Crippen molar-refractivity contribution < 1.29 is 0 Å². The van der Waals surface area contributed by atoms with Crippen molar-refractivity contribution in [3.8, 4) is 22.6 Å². The first-order chi connectivity index (χ1) is 16.5. The number of aromatic nitrogens is 6. The van der Waals surface area contributed by atoms with Gasteiger partial charge in [-0.15, -0.1) is 0 Å². The molecule has 8 nitrogen and oxygen atoms in total. The molecule has 5 aromatic rings. The Morgan fingerprint density at radius 3 is 2.71 bits per heavy atom. The standard InChI is InChI=1S/C24H21ClN8S/c1-27-19-6-5-14(12-29-19)13-34-24-23(26)30-22(18-7-9-33(2)32-18)21(31-24)16-10-15-4-3-8-28-20(15)17(25)11-16/h3-12H,13H2,1-2H3,(H2,26,30)(H,27,29). The van der Waals surface area contributed by atoms with Gasteiger partial charge in [0, 0.05) is 49.4 Å². The minimum atomic E-state index is 0.350. The van der Waals surface area contributed by atoms with Gasteiger partial charge in [-0.1, -0.05) is 35.5 Å². The van der Waals surface area contributed by atoms with E-state index in [-0.39, 0.29) is 0 Å². The number of hydrogen-bond acceptors (Lipinski definition) is 8. The third kappa shape index (κ3) is 4.40. The van der Waals surface area contributed by atoms with Crippen LogP contribution in [0.3, 0.4) is 0 Å². The molecule has 0 unspecified atom stereocenters. The van der Waals surface area contributed by atoms with Crippen LogP contribution in [0.1, 0.15) is 5.56 Å². The van der Waals surface area contributed by atoms with Crippen LogP contribution in [0.4, 0.5) is 11.6 Å². The molecule has 0 spiro atoms. The Balaban J connectivity index is 1.59. The summed E-state index contributed by atoms with van der Waals surface area (Å²) in [7, 11) is 3.70. The molecule has 10 heteroatoms. The van der Waals surface area contributed by atoms with Crippen LogP contribution in [0.2, 0.25) is 5.02 Å². The number of nitrogens with zero attached hydrogens (tertiary/aromatic N) is 6. The first kappa shape index (κ1) is 22.1. The van der Waals surface area contributed by atoms with E-state index in [0.29, 0.717) is 38.7 Å². The molecule has 0 amide bonds. The normalized spacial score (nSPS) is 11.1. The second-order valence-electron chi connectivity index (χ2n) is 7.61. The Labute approximate surface area is 205 Å². The lowest BCUT2D eigenvalue weighted by Gasteiger charge is -2.13. The topological polar surface area (TPSA) is 107 Å². The molecule has 0 aliphatic carbocycles. The molecule has 0 aliphatic rings. The van der Waals surface area contributed by atoms with E-state index in [4.69, 9.17) is 27.3 Å². The minimum absolute atomic E-state index is 0.350. The predicted octanol–water partition coefficient (Wildman–Crippen LogP) is 5.06. The molecular formula is C24H21ClN8S. The van der Waals surface area contributed by atoms with E-state index >= 15 is 0 Å². The third-order valence-corrected chi connectivity index (χ3v) is 6.57. The fourth-order valence-electron chi connectivity index (χ4n) is 3.55. The molecule has 0 fully saturated rings. The summed E-state index contributed by atoms with van der Waals surface area (Å²) < 4.78 is 1.72. The van der Waals surface area contributed by atoms with Gasteiger partial charge in [-0.25, -0.2) is 15.0 Å². The number of thioether (sulfide) groups is 1. The molecule has 0 saturated heterocycles. The van der Waals surface area contributed by atoms with Crippen LogP contribution in [0.15, 0.2) is 66.1 Å². The van der Waals surface area contributed by atoms with Crippen molar-refractivity contribution >= 4 is 45.9 Å². The van der Waals surface area contributed by atoms with Crippen molar-refractivity contribution in [3.05, 3.63) is 71.6 Å². The Hall–Kier alpha value is -3.69. The highest BCUT2D eigenvalue weighted by atomic mass is 35.5. The summed E-state index contributed by atoms with van der Waals surface area (Å²) in [6.45, 7) is 0. The molecule has 34 heavy (non-hydrogen) atoms. The fraction of sp³-hybridized carbons (Fsp3) is 0.125. The maximum atomic E-state index is 6.58. The fourth-order valence-corrected chi connectivity index (χ4v) is 4.65. The summed E-state index contributed by atoms with van der Waals surface area (Å²) in [5.41, 5.74) is 10.9. The van der Waals surface area contributed by atoms with Gasteiger partial charge in [-0.2, -0.15) is 5.10 Å². The smallest absolute Gasteiger partial charge is 0.156 e. The molecular weight excluding hydrogens is 468 g/mol. The molecule has 1 aromatic carbocycles. The highest BCUT2D eigenvalue weighted by Crippen LogP contribution is 2.36. The number of nitrogen functional groups attached to an aromatic ring is 1. The SMILES string of the molecule is CNc1ccc(CSc2nc(-c3cc(Cl)c4ncccc4c3)c(-c3ccn(C)n3)nc2N)cn1. The summed E-state index contributed by atoms with van der Waals surface area (Å²) >= 11 is 8.09. The number of nitrogens with one attached hydrogen (secondary N) is 1. The largest absolute Gasteiger partial charge is 0.381 e. The number of pyridine rings is 2. The van der Waals surface area contributed by atoms with Gasteiger partial charge in [-0.05, 0) is 35.9 Å². The Morgan fingerprint density at radius 2 is 1.97 bits per heavy atom. The highest BCUT2D eigenvalue weighted by Gasteiger charge is 2.19. The maximum absolute atomic E-state index is 6.58. The first-order valence-electron chi connectivity index (χ1n) is 10.5. The van der Waals surface area contributed by atoms with Crippen LogP contribution < -0.4 is 11.1 Å². The third-order valence-electron chi connectivity index (χ3n) is 5.23. The maximum Gasteiger partial charge on any atom is 0.156 e.